The van der Waals surface area contributed by atoms with Crippen LogP contribution in [-0.4, -0.2) is 40.6 Å². The summed E-state index contributed by atoms with van der Waals surface area (Å²) in [5, 5.41) is 3.76. The molecule has 8 heteroatoms. The van der Waals surface area contributed by atoms with Crippen molar-refractivity contribution in [1.29, 1.82) is 0 Å². The molecule has 1 atom stereocenters. The Hall–Kier alpha value is -2.15. The zero-order chi connectivity index (χ0) is 17.1. The molecule has 1 aliphatic rings. The van der Waals surface area contributed by atoms with Crippen LogP contribution >= 0.6 is 11.6 Å². The summed E-state index contributed by atoms with van der Waals surface area (Å²) < 4.78 is 23.7. The minimum atomic E-state index is -0.524. The number of amides is 1. The van der Waals surface area contributed by atoms with Crippen LogP contribution in [0.15, 0.2) is 22.7 Å². The highest BCUT2D eigenvalue weighted by Gasteiger charge is 2.28. The normalized spacial score (nSPS) is 17.8. The first kappa shape index (κ1) is 16.7. The summed E-state index contributed by atoms with van der Waals surface area (Å²) in [5.41, 5.74) is 0. The largest absolute Gasteiger partial charge is 0.484 e. The summed E-state index contributed by atoms with van der Waals surface area (Å²) >= 11 is 5.69. The van der Waals surface area contributed by atoms with Gasteiger partial charge in [-0.15, -0.1) is 0 Å². The van der Waals surface area contributed by atoms with Gasteiger partial charge in [-0.05, 0) is 31.9 Å². The lowest BCUT2D eigenvalue weighted by atomic mass is 9.98. The van der Waals surface area contributed by atoms with Gasteiger partial charge in [0.2, 0.25) is 5.89 Å². The number of ether oxygens (including phenoxy) is 1. The molecule has 1 aromatic heterocycles. The van der Waals surface area contributed by atoms with Crippen LogP contribution in [0.3, 0.4) is 0 Å². The number of aromatic nitrogens is 2. The number of aryl methyl sites for hydroxylation is 1. The summed E-state index contributed by atoms with van der Waals surface area (Å²) in [5.74, 6) is 0.890. The molecule has 1 saturated heterocycles. The van der Waals surface area contributed by atoms with E-state index >= 15 is 0 Å². The number of rotatable bonds is 4. The first-order valence-corrected chi connectivity index (χ1v) is 8.06. The predicted molar refractivity (Wildman–Crippen MR) is 84.5 cm³/mol. The minimum absolute atomic E-state index is 0.0373. The molecule has 1 fully saturated rings. The lowest BCUT2D eigenvalue weighted by Gasteiger charge is -2.30. The van der Waals surface area contributed by atoms with Crippen LogP contribution in [0.4, 0.5) is 4.39 Å². The molecule has 0 unspecified atom stereocenters. The van der Waals surface area contributed by atoms with Crippen LogP contribution in [0.25, 0.3) is 0 Å². The number of nitrogens with zero attached hydrogens (tertiary/aromatic N) is 3. The molecular formula is C16H17ClFN3O3. The Balaban J connectivity index is 1.57. The summed E-state index contributed by atoms with van der Waals surface area (Å²) in [6, 6.07) is 4.00. The molecule has 24 heavy (non-hydrogen) atoms. The first-order chi connectivity index (χ1) is 11.5. The third-order valence-electron chi connectivity index (χ3n) is 3.92. The Kier molecular flexibility index (Phi) is 4.99. The van der Waals surface area contributed by atoms with Gasteiger partial charge in [-0.25, -0.2) is 4.39 Å². The Bertz CT molecular complexity index is 737. The molecule has 0 bridgehead atoms. The van der Waals surface area contributed by atoms with Crippen molar-refractivity contribution in [3.05, 3.63) is 40.8 Å². The van der Waals surface area contributed by atoms with Crippen LogP contribution in [0.2, 0.25) is 5.02 Å². The van der Waals surface area contributed by atoms with E-state index in [1.54, 1.807) is 11.8 Å². The van der Waals surface area contributed by atoms with Crippen LogP contribution in [0.5, 0.6) is 5.75 Å². The number of likely N-dealkylation sites (tertiary alicyclic amines) is 1. The minimum Gasteiger partial charge on any atom is -0.484 e. The highest BCUT2D eigenvalue weighted by atomic mass is 35.5. The van der Waals surface area contributed by atoms with Crippen LogP contribution in [-0.2, 0) is 4.79 Å². The quantitative estimate of drug-likeness (QED) is 0.845. The maximum Gasteiger partial charge on any atom is 0.260 e. The van der Waals surface area contributed by atoms with E-state index in [0.29, 0.717) is 30.6 Å². The number of benzene rings is 1. The van der Waals surface area contributed by atoms with Crippen molar-refractivity contribution in [3.8, 4) is 5.75 Å². The Labute approximate surface area is 143 Å². The average Bonchev–Trinajstić information content (AvgIpc) is 3.02. The predicted octanol–water partition coefficient (Wildman–Crippen LogP) is 2.96. The Morgan fingerprint density at radius 2 is 2.38 bits per heavy atom. The SMILES string of the molecule is Cc1noc([C@H]2CCCN(C(=O)COc3ccc(F)c(Cl)c3)C2)n1. The van der Waals surface area contributed by atoms with Gasteiger partial charge in [0, 0.05) is 19.2 Å². The standard InChI is InChI=1S/C16H17ClFN3O3/c1-10-19-16(24-20-10)11-3-2-6-21(8-11)15(22)9-23-12-4-5-14(18)13(17)7-12/h4-5,7,11H,2-3,6,8-9H2,1H3/t11-/m0/s1. The maximum atomic E-state index is 13.1. The Morgan fingerprint density at radius 3 is 3.08 bits per heavy atom. The zero-order valence-corrected chi connectivity index (χ0v) is 13.9. The number of halogens is 2. The number of hydrogen-bond donors (Lipinski definition) is 0. The molecule has 1 aliphatic heterocycles. The second kappa shape index (κ2) is 7.17. The fraction of sp³-hybridized carbons (Fsp3) is 0.438. The number of piperidine rings is 1. The van der Waals surface area contributed by atoms with Gasteiger partial charge in [0.1, 0.15) is 11.6 Å². The molecule has 0 aliphatic carbocycles. The van der Waals surface area contributed by atoms with E-state index in [0.717, 1.165) is 12.8 Å². The van der Waals surface area contributed by atoms with E-state index in [4.69, 9.17) is 20.9 Å². The fourth-order valence-electron chi connectivity index (χ4n) is 2.69. The molecule has 2 heterocycles. The monoisotopic (exact) mass is 353 g/mol. The van der Waals surface area contributed by atoms with Gasteiger partial charge < -0.3 is 14.2 Å². The van der Waals surface area contributed by atoms with Crippen LogP contribution < -0.4 is 4.74 Å². The van der Waals surface area contributed by atoms with Gasteiger partial charge >= 0.3 is 0 Å². The summed E-state index contributed by atoms with van der Waals surface area (Å²) in [4.78, 5) is 18.3. The van der Waals surface area contributed by atoms with Crippen molar-refractivity contribution < 1.29 is 18.4 Å². The second-order valence-electron chi connectivity index (χ2n) is 5.72. The lowest BCUT2D eigenvalue weighted by molar-refractivity contribution is -0.134. The highest BCUT2D eigenvalue weighted by molar-refractivity contribution is 6.30. The van der Waals surface area contributed by atoms with Gasteiger partial charge in [0.15, 0.2) is 12.4 Å². The summed E-state index contributed by atoms with van der Waals surface area (Å²) in [6.07, 6.45) is 1.76. The molecule has 0 radical (unpaired) electrons. The first-order valence-electron chi connectivity index (χ1n) is 7.69. The molecule has 0 spiro atoms. The molecule has 0 saturated carbocycles. The van der Waals surface area contributed by atoms with E-state index in [9.17, 15) is 9.18 Å². The van der Waals surface area contributed by atoms with Crippen molar-refractivity contribution in [3.63, 3.8) is 0 Å². The molecule has 6 nitrogen and oxygen atoms in total. The van der Waals surface area contributed by atoms with Crippen molar-refractivity contribution >= 4 is 17.5 Å². The van der Waals surface area contributed by atoms with E-state index in [1.807, 2.05) is 0 Å². The molecule has 1 aromatic carbocycles. The van der Waals surface area contributed by atoms with E-state index in [-0.39, 0.29) is 23.5 Å². The summed E-state index contributed by atoms with van der Waals surface area (Å²) in [6.45, 7) is 2.82. The molecule has 2 aromatic rings. The zero-order valence-electron chi connectivity index (χ0n) is 13.2. The Morgan fingerprint density at radius 1 is 1.54 bits per heavy atom. The number of carbonyl (C=O) groups excluding carboxylic acids is 1. The fourth-order valence-corrected chi connectivity index (χ4v) is 2.86. The van der Waals surface area contributed by atoms with E-state index in [2.05, 4.69) is 10.1 Å². The third kappa shape index (κ3) is 3.84. The van der Waals surface area contributed by atoms with E-state index < -0.39 is 5.82 Å². The maximum absolute atomic E-state index is 13.1. The third-order valence-corrected chi connectivity index (χ3v) is 4.21. The highest BCUT2D eigenvalue weighted by Crippen LogP contribution is 2.26. The average molecular weight is 354 g/mol. The molecule has 0 N–H and O–H groups in total. The van der Waals surface area contributed by atoms with Crippen molar-refractivity contribution in [1.82, 2.24) is 15.0 Å². The number of hydrogen-bond acceptors (Lipinski definition) is 5. The smallest absolute Gasteiger partial charge is 0.260 e. The van der Waals surface area contributed by atoms with Gasteiger partial charge in [0.05, 0.1) is 10.9 Å². The second-order valence-corrected chi connectivity index (χ2v) is 6.13. The number of carbonyl (C=O) groups is 1. The van der Waals surface area contributed by atoms with Gasteiger partial charge in [-0.2, -0.15) is 4.98 Å². The topological polar surface area (TPSA) is 68.5 Å². The molecule has 3 rings (SSSR count). The van der Waals surface area contributed by atoms with Gasteiger partial charge in [-0.1, -0.05) is 16.8 Å². The summed E-state index contributed by atoms with van der Waals surface area (Å²) in [7, 11) is 0. The molecular weight excluding hydrogens is 337 g/mol. The van der Waals surface area contributed by atoms with Gasteiger partial charge in [0.25, 0.3) is 5.91 Å². The lowest BCUT2D eigenvalue weighted by Crippen LogP contribution is -2.41. The van der Waals surface area contributed by atoms with Crippen LogP contribution in [0, 0.1) is 12.7 Å². The molecule has 128 valence electrons. The molecule has 1 amide bonds. The van der Waals surface area contributed by atoms with Crippen LogP contribution in [0.1, 0.15) is 30.5 Å². The van der Waals surface area contributed by atoms with E-state index in [1.165, 1.54) is 18.2 Å². The van der Waals surface area contributed by atoms with Crippen molar-refractivity contribution in [2.24, 2.45) is 0 Å². The van der Waals surface area contributed by atoms with Crippen molar-refractivity contribution in [2.45, 2.75) is 25.7 Å². The van der Waals surface area contributed by atoms with Crippen molar-refractivity contribution in [2.75, 3.05) is 19.7 Å². The van der Waals surface area contributed by atoms with Gasteiger partial charge in [-0.3, -0.25) is 4.79 Å².